The molecule has 10 heteroatoms. The van der Waals surface area contributed by atoms with Crippen LogP contribution >= 0.6 is 11.8 Å². The second-order valence-electron chi connectivity index (χ2n) is 6.49. The Hall–Kier alpha value is -1.45. The van der Waals surface area contributed by atoms with Gasteiger partial charge >= 0.3 is 6.18 Å². The standard InChI is InChI=1S/C14H20F3N5OS/c1-8(9-2-3-9)21(7-14(15,16)17)11(23)6-24-13-20-19-12(22(13)18)10-4-5-10/h8-10H,2-7,18H2,1H3. The number of nitrogens with zero attached hydrogens (tertiary/aromatic N) is 4. The summed E-state index contributed by atoms with van der Waals surface area (Å²) < 4.78 is 39.7. The largest absolute Gasteiger partial charge is 0.406 e. The van der Waals surface area contributed by atoms with Crippen molar-refractivity contribution in [3.63, 3.8) is 0 Å². The van der Waals surface area contributed by atoms with Crippen LogP contribution in [0.25, 0.3) is 0 Å². The van der Waals surface area contributed by atoms with Gasteiger partial charge in [-0.15, -0.1) is 10.2 Å². The molecule has 1 aromatic heterocycles. The van der Waals surface area contributed by atoms with Gasteiger partial charge in [0.15, 0.2) is 5.82 Å². The molecule has 1 aromatic rings. The zero-order valence-corrected chi connectivity index (χ0v) is 14.1. The molecule has 2 aliphatic carbocycles. The number of amides is 1. The van der Waals surface area contributed by atoms with Gasteiger partial charge in [-0.3, -0.25) is 4.79 Å². The maximum Gasteiger partial charge on any atom is 0.406 e. The van der Waals surface area contributed by atoms with Crippen molar-refractivity contribution in [2.24, 2.45) is 5.92 Å². The normalized spacial score (nSPS) is 19.3. The third-order valence-corrected chi connectivity index (χ3v) is 5.35. The number of rotatable bonds is 7. The number of hydrogen-bond acceptors (Lipinski definition) is 5. The summed E-state index contributed by atoms with van der Waals surface area (Å²) >= 11 is 1.03. The zero-order valence-electron chi connectivity index (χ0n) is 13.3. The van der Waals surface area contributed by atoms with E-state index in [9.17, 15) is 18.0 Å². The minimum absolute atomic E-state index is 0.132. The molecule has 1 amide bonds. The molecule has 6 nitrogen and oxygen atoms in total. The Morgan fingerprint density at radius 3 is 2.58 bits per heavy atom. The molecular weight excluding hydrogens is 343 g/mol. The van der Waals surface area contributed by atoms with E-state index in [-0.39, 0.29) is 11.7 Å². The van der Waals surface area contributed by atoms with E-state index in [0.717, 1.165) is 42.3 Å². The number of alkyl halides is 3. The highest BCUT2D eigenvalue weighted by molar-refractivity contribution is 7.99. The van der Waals surface area contributed by atoms with Crippen molar-refractivity contribution in [1.29, 1.82) is 0 Å². The van der Waals surface area contributed by atoms with Crippen LogP contribution < -0.4 is 5.84 Å². The highest BCUT2D eigenvalue weighted by atomic mass is 32.2. The molecule has 0 aliphatic heterocycles. The molecule has 2 aliphatic rings. The van der Waals surface area contributed by atoms with Gasteiger partial charge in [-0.25, -0.2) is 4.68 Å². The third kappa shape index (κ3) is 4.14. The molecule has 0 spiro atoms. The number of hydrogen-bond donors (Lipinski definition) is 1. The summed E-state index contributed by atoms with van der Waals surface area (Å²) in [5.74, 6) is 6.36. The molecule has 1 unspecified atom stereocenters. The van der Waals surface area contributed by atoms with Crippen LogP contribution in [0.3, 0.4) is 0 Å². The van der Waals surface area contributed by atoms with Crippen molar-refractivity contribution < 1.29 is 18.0 Å². The SMILES string of the molecule is CC(C1CC1)N(CC(F)(F)F)C(=O)CSc1nnc(C2CC2)n1N. The lowest BCUT2D eigenvalue weighted by Gasteiger charge is -2.30. The first-order valence-corrected chi connectivity index (χ1v) is 8.94. The minimum atomic E-state index is -4.41. The second-order valence-corrected chi connectivity index (χ2v) is 7.43. The van der Waals surface area contributed by atoms with Crippen LogP contribution in [0, 0.1) is 5.92 Å². The average molecular weight is 363 g/mol. The Morgan fingerprint density at radius 2 is 2.04 bits per heavy atom. The van der Waals surface area contributed by atoms with E-state index in [1.54, 1.807) is 6.92 Å². The van der Waals surface area contributed by atoms with E-state index in [4.69, 9.17) is 5.84 Å². The van der Waals surface area contributed by atoms with Gasteiger partial charge in [0.1, 0.15) is 6.54 Å². The van der Waals surface area contributed by atoms with Crippen LogP contribution in [0.1, 0.15) is 44.3 Å². The fraction of sp³-hybridized carbons (Fsp3) is 0.786. The number of thioether (sulfide) groups is 1. The van der Waals surface area contributed by atoms with Crippen molar-refractivity contribution in [1.82, 2.24) is 19.8 Å². The van der Waals surface area contributed by atoms with Crippen molar-refractivity contribution in [2.75, 3.05) is 18.1 Å². The van der Waals surface area contributed by atoms with Crippen molar-refractivity contribution in [2.45, 2.75) is 55.9 Å². The third-order valence-electron chi connectivity index (χ3n) is 4.42. The molecule has 1 heterocycles. The van der Waals surface area contributed by atoms with E-state index in [2.05, 4.69) is 10.2 Å². The van der Waals surface area contributed by atoms with Crippen LogP contribution in [-0.2, 0) is 4.79 Å². The van der Waals surface area contributed by atoms with E-state index >= 15 is 0 Å². The van der Waals surface area contributed by atoms with E-state index < -0.39 is 24.7 Å². The number of nitrogens with two attached hydrogens (primary N) is 1. The van der Waals surface area contributed by atoms with Gasteiger partial charge in [0.25, 0.3) is 0 Å². The zero-order chi connectivity index (χ0) is 17.5. The van der Waals surface area contributed by atoms with E-state index in [1.807, 2.05) is 0 Å². The van der Waals surface area contributed by atoms with E-state index in [1.165, 1.54) is 4.68 Å². The van der Waals surface area contributed by atoms with Crippen molar-refractivity contribution in [3.05, 3.63) is 5.82 Å². The summed E-state index contributed by atoms with van der Waals surface area (Å²) in [4.78, 5) is 13.3. The Bertz CT molecular complexity index is 612. The summed E-state index contributed by atoms with van der Waals surface area (Å²) in [6.45, 7) is 0.468. The monoisotopic (exact) mass is 363 g/mol. The first-order valence-electron chi connectivity index (χ1n) is 7.95. The minimum Gasteiger partial charge on any atom is -0.336 e. The molecule has 0 radical (unpaired) electrons. The lowest BCUT2D eigenvalue weighted by Crippen LogP contribution is -2.46. The Labute approximate surface area is 141 Å². The number of carbonyl (C=O) groups excluding carboxylic acids is 1. The highest BCUT2D eigenvalue weighted by Crippen LogP contribution is 2.39. The lowest BCUT2D eigenvalue weighted by atomic mass is 10.2. The first kappa shape index (κ1) is 17.4. The van der Waals surface area contributed by atoms with Gasteiger partial charge in [-0.05, 0) is 38.5 Å². The summed E-state index contributed by atoms with van der Waals surface area (Å²) in [6, 6.07) is -0.405. The summed E-state index contributed by atoms with van der Waals surface area (Å²) in [5, 5.41) is 8.29. The van der Waals surface area contributed by atoms with Crippen LogP contribution in [0.4, 0.5) is 13.2 Å². The fourth-order valence-corrected chi connectivity index (χ4v) is 3.45. The summed E-state index contributed by atoms with van der Waals surface area (Å²) in [5.41, 5.74) is 0. The number of carbonyl (C=O) groups is 1. The van der Waals surface area contributed by atoms with Gasteiger partial charge in [-0.1, -0.05) is 11.8 Å². The maximum absolute atomic E-state index is 12.8. The Balaban J connectivity index is 1.62. The first-order chi connectivity index (χ1) is 11.3. The number of aromatic nitrogens is 3. The molecule has 0 aromatic carbocycles. The van der Waals surface area contributed by atoms with Crippen LogP contribution in [-0.4, -0.2) is 50.2 Å². The molecular formula is C14H20F3N5OS. The Morgan fingerprint density at radius 1 is 1.38 bits per heavy atom. The molecule has 2 N–H and O–H groups in total. The highest BCUT2D eigenvalue weighted by Gasteiger charge is 2.40. The molecule has 134 valence electrons. The molecule has 3 rings (SSSR count). The molecule has 2 saturated carbocycles. The maximum atomic E-state index is 12.8. The topological polar surface area (TPSA) is 77.0 Å². The van der Waals surface area contributed by atoms with Gasteiger partial charge < -0.3 is 10.7 Å². The molecule has 2 fully saturated rings. The van der Waals surface area contributed by atoms with Crippen LogP contribution in [0.5, 0.6) is 0 Å². The Kier molecular flexibility index (Phi) is 4.67. The van der Waals surface area contributed by atoms with Crippen molar-refractivity contribution in [3.8, 4) is 0 Å². The predicted octanol–water partition coefficient (Wildman–Crippen LogP) is 2.15. The quantitative estimate of drug-likeness (QED) is 0.593. The molecule has 1 atom stereocenters. The average Bonchev–Trinajstić information content (AvgIpc) is 3.39. The smallest absolute Gasteiger partial charge is 0.336 e. The van der Waals surface area contributed by atoms with Crippen molar-refractivity contribution >= 4 is 17.7 Å². The van der Waals surface area contributed by atoms with Gasteiger partial charge in [0, 0.05) is 12.0 Å². The van der Waals surface area contributed by atoms with Gasteiger partial charge in [0.05, 0.1) is 5.75 Å². The van der Waals surface area contributed by atoms with Crippen LogP contribution in [0.2, 0.25) is 0 Å². The second kappa shape index (κ2) is 6.45. The number of nitrogen functional groups attached to an aromatic ring is 1. The molecule has 0 bridgehead atoms. The predicted molar refractivity (Wildman–Crippen MR) is 82.8 cm³/mol. The molecule has 0 saturated heterocycles. The van der Waals surface area contributed by atoms with Gasteiger partial charge in [0.2, 0.25) is 11.1 Å². The lowest BCUT2D eigenvalue weighted by molar-refractivity contribution is -0.164. The van der Waals surface area contributed by atoms with Crippen LogP contribution in [0.15, 0.2) is 5.16 Å². The summed E-state index contributed by atoms with van der Waals surface area (Å²) in [6.07, 6.45) is -0.638. The van der Waals surface area contributed by atoms with E-state index in [0.29, 0.717) is 16.9 Å². The van der Waals surface area contributed by atoms with Gasteiger partial charge in [-0.2, -0.15) is 13.2 Å². The number of halogens is 3. The molecule has 24 heavy (non-hydrogen) atoms. The summed E-state index contributed by atoms with van der Waals surface area (Å²) in [7, 11) is 0. The fourth-order valence-electron chi connectivity index (χ4n) is 2.70.